The van der Waals surface area contributed by atoms with Gasteiger partial charge in [0.25, 0.3) is 0 Å². The van der Waals surface area contributed by atoms with Crippen LogP contribution in [0.5, 0.6) is 0 Å². The van der Waals surface area contributed by atoms with E-state index in [1.54, 1.807) is 0 Å². The quantitative estimate of drug-likeness (QED) is 0.484. The van der Waals surface area contributed by atoms with Crippen LogP contribution in [0.1, 0.15) is 79.1 Å². The van der Waals surface area contributed by atoms with Gasteiger partial charge in [-0.15, -0.1) is 0 Å². The Balaban J connectivity index is 2.16. The van der Waals surface area contributed by atoms with Gasteiger partial charge in [-0.2, -0.15) is 0 Å². The molecule has 0 amide bonds. The van der Waals surface area contributed by atoms with E-state index in [2.05, 4.69) is 27.7 Å². The molecule has 0 radical (unpaired) electrons. The van der Waals surface area contributed by atoms with Gasteiger partial charge in [0.2, 0.25) is 0 Å². The normalized spacial score (nSPS) is 30.0. The molecule has 0 spiro atoms. The van der Waals surface area contributed by atoms with Crippen LogP contribution in [0, 0.1) is 11.8 Å². The summed E-state index contributed by atoms with van der Waals surface area (Å²) in [5, 5.41) is 0.449. The number of hydrogen-bond donors (Lipinski definition) is 0. The zero-order valence-electron chi connectivity index (χ0n) is 14.7. The van der Waals surface area contributed by atoms with Crippen molar-refractivity contribution in [3.05, 3.63) is 0 Å². The summed E-state index contributed by atoms with van der Waals surface area (Å²) < 4.78 is 13.1. The average molecular weight is 313 g/mol. The second-order valence-corrected chi connectivity index (χ2v) is 11.1. The van der Waals surface area contributed by atoms with E-state index in [4.69, 9.17) is 8.85 Å². The van der Waals surface area contributed by atoms with Gasteiger partial charge < -0.3 is 8.85 Å². The SMILES string of the molecule is CCCCC(C)C[Si](OCC)(OCC)C12CCC(CC1)C2. The second-order valence-electron chi connectivity index (χ2n) is 7.50. The first kappa shape index (κ1) is 17.5. The molecule has 2 rings (SSSR count). The summed E-state index contributed by atoms with van der Waals surface area (Å²) >= 11 is 0. The van der Waals surface area contributed by atoms with E-state index in [9.17, 15) is 0 Å². The van der Waals surface area contributed by atoms with Crippen LogP contribution in [-0.4, -0.2) is 21.8 Å². The minimum atomic E-state index is -2.08. The van der Waals surface area contributed by atoms with Gasteiger partial charge in [-0.25, -0.2) is 0 Å². The molecule has 21 heavy (non-hydrogen) atoms. The van der Waals surface area contributed by atoms with Gasteiger partial charge in [0.1, 0.15) is 0 Å². The van der Waals surface area contributed by atoms with Crippen LogP contribution in [-0.2, 0) is 8.85 Å². The summed E-state index contributed by atoms with van der Waals surface area (Å²) in [4.78, 5) is 0. The van der Waals surface area contributed by atoms with Crippen LogP contribution in [0.2, 0.25) is 11.1 Å². The van der Waals surface area contributed by atoms with Gasteiger partial charge in [-0.3, -0.25) is 0 Å². The molecule has 2 aliphatic carbocycles. The number of hydrogen-bond acceptors (Lipinski definition) is 2. The molecular formula is C18H36O2Si. The van der Waals surface area contributed by atoms with Gasteiger partial charge in [0, 0.05) is 18.3 Å². The van der Waals surface area contributed by atoms with E-state index in [0.29, 0.717) is 5.04 Å². The van der Waals surface area contributed by atoms with Crippen LogP contribution in [0.15, 0.2) is 0 Å². The largest absolute Gasteiger partial charge is 0.394 e. The van der Waals surface area contributed by atoms with E-state index < -0.39 is 8.56 Å². The zero-order chi connectivity index (χ0) is 15.3. The lowest BCUT2D eigenvalue weighted by molar-refractivity contribution is 0.145. The molecule has 0 heterocycles. The monoisotopic (exact) mass is 312 g/mol. The summed E-state index contributed by atoms with van der Waals surface area (Å²) in [6.07, 6.45) is 11.0. The first-order chi connectivity index (χ1) is 10.1. The van der Waals surface area contributed by atoms with Crippen molar-refractivity contribution in [3.8, 4) is 0 Å². The maximum atomic E-state index is 6.54. The molecule has 0 aromatic rings. The van der Waals surface area contributed by atoms with Gasteiger partial charge in [-0.1, -0.05) is 46.0 Å². The fourth-order valence-electron chi connectivity index (χ4n) is 4.99. The highest BCUT2D eigenvalue weighted by Gasteiger charge is 2.62. The third-order valence-corrected chi connectivity index (χ3v) is 11.0. The fourth-order valence-corrected chi connectivity index (χ4v) is 10.1. The summed E-state index contributed by atoms with van der Waals surface area (Å²) in [5.41, 5.74) is 0. The predicted molar refractivity (Wildman–Crippen MR) is 91.8 cm³/mol. The molecular weight excluding hydrogens is 276 g/mol. The smallest absolute Gasteiger partial charge is 0.344 e. The Hall–Kier alpha value is 0.137. The lowest BCUT2D eigenvalue weighted by atomic mass is 10.0. The minimum Gasteiger partial charge on any atom is -0.394 e. The van der Waals surface area contributed by atoms with Gasteiger partial charge in [-0.05, 0) is 51.0 Å². The van der Waals surface area contributed by atoms with Crippen molar-refractivity contribution in [2.75, 3.05) is 13.2 Å². The van der Waals surface area contributed by atoms with Crippen molar-refractivity contribution in [2.45, 2.75) is 90.1 Å². The Morgan fingerprint density at radius 2 is 1.71 bits per heavy atom. The van der Waals surface area contributed by atoms with E-state index in [1.807, 2.05) is 0 Å². The Morgan fingerprint density at radius 1 is 1.10 bits per heavy atom. The predicted octanol–water partition coefficient (Wildman–Crippen LogP) is 5.66. The first-order valence-corrected chi connectivity index (χ1v) is 11.4. The third-order valence-electron chi connectivity index (χ3n) is 5.97. The molecule has 2 fully saturated rings. The Morgan fingerprint density at radius 3 is 2.14 bits per heavy atom. The van der Waals surface area contributed by atoms with Crippen molar-refractivity contribution in [2.24, 2.45) is 11.8 Å². The van der Waals surface area contributed by atoms with Crippen molar-refractivity contribution in [1.29, 1.82) is 0 Å². The standard InChI is InChI=1S/C18H36O2Si/c1-5-8-9-16(4)15-21(19-6-2,20-7-3)18-12-10-17(14-18)11-13-18/h16-17H,5-15H2,1-4H3. The maximum Gasteiger partial charge on any atom is 0.344 e. The Bertz CT molecular complexity index is 304. The van der Waals surface area contributed by atoms with Crippen LogP contribution in [0.4, 0.5) is 0 Å². The van der Waals surface area contributed by atoms with Crippen molar-refractivity contribution in [3.63, 3.8) is 0 Å². The Labute approximate surface area is 133 Å². The van der Waals surface area contributed by atoms with E-state index >= 15 is 0 Å². The molecule has 124 valence electrons. The van der Waals surface area contributed by atoms with E-state index in [1.165, 1.54) is 57.4 Å². The van der Waals surface area contributed by atoms with Crippen LogP contribution in [0.3, 0.4) is 0 Å². The summed E-state index contributed by atoms with van der Waals surface area (Å²) in [5.74, 6) is 1.73. The summed E-state index contributed by atoms with van der Waals surface area (Å²) in [6, 6.07) is 1.22. The van der Waals surface area contributed by atoms with Crippen LogP contribution < -0.4 is 0 Å². The van der Waals surface area contributed by atoms with Crippen LogP contribution >= 0.6 is 0 Å². The molecule has 0 aliphatic heterocycles. The summed E-state index contributed by atoms with van der Waals surface area (Å²) in [6.45, 7) is 10.7. The molecule has 0 aromatic carbocycles. The van der Waals surface area contributed by atoms with E-state index in [0.717, 1.165) is 25.0 Å². The van der Waals surface area contributed by atoms with Crippen LogP contribution in [0.25, 0.3) is 0 Å². The maximum absolute atomic E-state index is 6.54. The van der Waals surface area contributed by atoms with Gasteiger partial charge in [0.15, 0.2) is 0 Å². The molecule has 2 aliphatic rings. The highest BCUT2D eigenvalue weighted by Crippen LogP contribution is 2.66. The van der Waals surface area contributed by atoms with Crippen molar-refractivity contribution in [1.82, 2.24) is 0 Å². The fraction of sp³-hybridized carbons (Fsp3) is 1.00. The minimum absolute atomic E-state index is 0.449. The lowest BCUT2D eigenvalue weighted by Crippen LogP contribution is -2.53. The molecule has 1 unspecified atom stereocenters. The van der Waals surface area contributed by atoms with Gasteiger partial charge in [0.05, 0.1) is 0 Å². The number of unbranched alkanes of at least 4 members (excludes halogenated alkanes) is 1. The molecule has 2 bridgehead atoms. The van der Waals surface area contributed by atoms with Crippen molar-refractivity contribution < 1.29 is 8.85 Å². The molecule has 1 atom stereocenters. The second kappa shape index (κ2) is 7.61. The van der Waals surface area contributed by atoms with E-state index in [-0.39, 0.29) is 0 Å². The number of fused-ring (bicyclic) bond motifs is 2. The Kier molecular flexibility index (Phi) is 6.34. The highest BCUT2D eigenvalue weighted by molar-refractivity contribution is 6.71. The lowest BCUT2D eigenvalue weighted by Gasteiger charge is -2.45. The number of rotatable bonds is 10. The molecule has 2 saturated carbocycles. The third kappa shape index (κ3) is 3.56. The molecule has 2 nitrogen and oxygen atoms in total. The van der Waals surface area contributed by atoms with Gasteiger partial charge >= 0.3 is 8.56 Å². The highest BCUT2D eigenvalue weighted by atomic mass is 28.4. The molecule has 3 heteroatoms. The zero-order valence-corrected chi connectivity index (χ0v) is 15.7. The topological polar surface area (TPSA) is 18.5 Å². The molecule has 0 N–H and O–H groups in total. The molecule has 0 aromatic heterocycles. The molecule has 0 saturated heterocycles. The van der Waals surface area contributed by atoms with Crippen molar-refractivity contribution >= 4 is 8.56 Å². The average Bonchev–Trinajstić information content (AvgIpc) is 3.08. The first-order valence-electron chi connectivity index (χ1n) is 9.39. The summed E-state index contributed by atoms with van der Waals surface area (Å²) in [7, 11) is -2.08.